The number of carbonyl (C=O) groups is 3. The van der Waals surface area contributed by atoms with E-state index >= 15 is 0 Å². The largest absolute Gasteiger partial charge is 0.295 e. The van der Waals surface area contributed by atoms with Crippen LogP contribution in [0.5, 0.6) is 0 Å². The molecular formula is C26H28O3. The Labute approximate surface area is 173 Å². The number of rotatable bonds is 4. The molecule has 0 saturated heterocycles. The number of aryl methyl sites for hydroxylation is 1. The zero-order valence-corrected chi connectivity index (χ0v) is 17.5. The zero-order chi connectivity index (χ0) is 21.6. The minimum Gasteiger partial charge on any atom is -0.295 e. The van der Waals surface area contributed by atoms with Crippen molar-refractivity contribution in [3.05, 3.63) is 107 Å². The van der Waals surface area contributed by atoms with E-state index in [1.807, 2.05) is 98.8 Å². The molecule has 3 nitrogen and oxygen atoms in total. The van der Waals surface area contributed by atoms with Gasteiger partial charge in [-0.05, 0) is 26.8 Å². The van der Waals surface area contributed by atoms with Crippen molar-refractivity contribution in [3.8, 4) is 0 Å². The second-order valence-electron chi connectivity index (χ2n) is 6.49. The second kappa shape index (κ2) is 12.9. The molecule has 0 bridgehead atoms. The van der Waals surface area contributed by atoms with Crippen LogP contribution in [0.4, 0.5) is 0 Å². The van der Waals surface area contributed by atoms with Gasteiger partial charge in [0.2, 0.25) is 0 Å². The molecule has 150 valence electrons. The number of Topliss-reactive ketones (excluding diaryl/α,β-unsaturated/α-hetero) is 3. The fourth-order valence-corrected chi connectivity index (χ4v) is 2.37. The first kappa shape index (κ1) is 23.7. The molecule has 0 aliphatic rings. The number of ketones is 3. The van der Waals surface area contributed by atoms with Gasteiger partial charge in [0.1, 0.15) is 0 Å². The summed E-state index contributed by atoms with van der Waals surface area (Å²) in [5, 5.41) is 0. The predicted octanol–water partition coefficient (Wildman–Crippen LogP) is 6.37. The summed E-state index contributed by atoms with van der Waals surface area (Å²) in [5.41, 5.74) is 3.51. The quantitative estimate of drug-likeness (QED) is 0.488. The molecule has 3 aromatic carbocycles. The van der Waals surface area contributed by atoms with Crippen LogP contribution in [0, 0.1) is 6.92 Å². The summed E-state index contributed by atoms with van der Waals surface area (Å²) in [6, 6.07) is 26.2. The lowest BCUT2D eigenvalue weighted by Gasteiger charge is -1.94. The van der Waals surface area contributed by atoms with Crippen LogP contribution >= 0.6 is 0 Å². The number of hydrogen-bond acceptors (Lipinski definition) is 3. The van der Waals surface area contributed by atoms with Crippen LogP contribution in [-0.4, -0.2) is 17.3 Å². The Kier molecular flexibility index (Phi) is 10.6. The lowest BCUT2D eigenvalue weighted by molar-refractivity contribution is 0.0984. The smallest absolute Gasteiger partial charge is 0.162 e. The van der Waals surface area contributed by atoms with E-state index in [0.29, 0.717) is 6.42 Å². The molecule has 0 atom stereocenters. The van der Waals surface area contributed by atoms with E-state index < -0.39 is 0 Å². The van der Waals surface area contributed by atoms with Crippen LogP contribution in [-0.2, 0) is 0 Å². The first-order valence-corrected chi connectivity index (χ1v) is 9.57. The Hall–Kier alpha value is -3.33. The summed E-state index contributed by atoms with van der Waals surface area (Å²) in [6.45, 7) is 6.99. The van der Waals surface area contributed by atoms with Crippen molar-refractivity contribution in [1.82, 2.24) is 0 Å². The Morgan fingerprint density at radius 2 is 1.07 bits per heavy atom. The molecule has 0 radical (unpaired) electrons. The standard InChI is InChI=1S/2C9H10O.C8H8O/c1-7-4-3-5-9(6-7)8(2)10;1-2-9(10)8-6-4-3-5-7-8;1-7(9)8-5-3-2-4-6-8/h3-6H,1-2H3;3-7H,2H2,1H3;2-6H,1H3. The fraction of sp³-hybridized carbons (Fsp3) is 0.192. The molecule has 3 aromatic rings. The van der Waals surface area contributed by atoms with Gasteiger partial charge in [0.25, 0.3) is 0 Å². The van der Waals surface area contributed by atoms with E-state index in [9.17, 15) is 14.4 Å². The van der Waals surface area contributed by atoms with Gasteiger partial charge in [0.05, 0.1) is 0 Å². The van der Waals surface area contributed by atoms with E-state index in [1.54, 1.807) is 13.8 Å². The summed E-state index contributed by atoms with van der Waals surface area (Å²) >= 11 is 0. The molecule has 0 heterocycles. The topological polar surface area (TPSA) is 51.2 Å². The molecule has 0 aromatic heterocycles. The third-order valence-electron chi connectivity index (χ3n) is 4.02. The van der Waals surface area contributed by atoms with E-state index in [-0.39, 0.29) is 17.3 Å². The van der Waals surface area contributed by atoms with Crippen LogP contribution in [0.25, 0.3) is 0 Å². The van der Waals surface area contributed by atoms with E-state index in [2.05, 4.69) is 0 Å². The maximum atomic E-state index is 11.0. The van der Waals surface area contributed by atoms with Gasteiger partial charge in [0.15, 0.2) is 17.3 Å². The third kappa shape index (κ3) is 9.43. The van der Waals surface area contributed by atoms with E-state index in [4.69, 9.17) is 0 Å². The molecule has 0 aliphatic carbocycles. The SMILES string of the molecule is CC(=O)c1cccc(C)c1.CC(=O)c1ccccc1.CCC(=O)c1ccccc1. The monoisotopic (exact) mass is 388 g/mol. The second-order valence-corrected chi connectivity index (χ2v) is 6.49. The van der Waals surface area contributed by atoms with Crippen molar-refractivity contribution < 1.29 is 14.4 Å². The van der Waals surface area contributed by atoms with E-state index in [0.717, 1.165) is 22.3 Å². The minimum absolute atomic E-state index is 0.121. The molecule has 3 heteroatoms. The fourth-order valence-electron chi connectivity index (χ4n) is 2.37. The van der Waals surface area contributed by atoms with Gasteiger partial charge in [-0.1, -0.05) is 91.3 Å². The molecule has 3 rings (SSSR count). The lowest BCUT2D eigenvalue weighted by atomic mass is 10.1. The third-order valence-corrected chi connectivity index (χ3v) is 4.02. The van der Waals surface area contributed by atoms with Crippen LogP contribution in [0.1, 0.15) is 63.8 Å². The number of hydrogen-bond donors (Lipinski definition) is 0. The molecule has 0 spiro atoms. The Morgan fingerprint density at radius 3 is 1.41 bits per heavy atom. The molecule has 29 heavy (non-hydrogen) atoms. The summed E-state index contributed by atoms with van der Waals surface area (Å²) < 4.78 is 0. The normalized spacial score (nSPS) is 9.24. The van der Waals surface area contributed by atoms with Crippen LogP contribution in [0.2, 0.25) is 0 Å². The molecular weight excluding hydrogens is 360 g/mol. The maximum Gasteiger partial charge on any atom is 0.162 e. The Balaban J connectivity index is 0.000000218. The number of carbonyl (C=O) groups excluding carboxylic acids is 3. The van der Waals surface area contributed by atoms with Crippen LogP contribution in [0.15, 0.2) is 84.9 Å². The molecule has 0 N–H and O–H groups in total. The molecule has 0 aliphatic heterocycles. The Morgan fingerprint density at radius 1 is 0.621 bits per heavy atom. The van der Waals surface area contributed by atoms with Crippen molar-refractivity contribution in [3.63, 3.8) is 0 Å². The summed E-state index contributed by atoms with van der Waals surface area (Å²) in [7, 11) is 0. The van der Waals surface area contributed by atoms with Crippen LogP contribution in [0.3, 0.4) is 0 Å². The van der Waals surface area contributed by atoms with Gasteiger partial charge < -0.3 is 0 Å². The van der Waals surface area contributed by atoms with Gasteiger partial charge in [-0.3, -0.25) is 14.4 Å². The van der Waals surface area contributed by atoms with Gasteiger partial charge in [-0.25, -0.2) is 0 Å². The van der Waals surface area contributed by atoms with Crippen molar-refractivity contribution in [2.24, 2.45) is 0 Å². The first-order chi connectivity index (χ1) is 13.8. The Bertz CT molecular complexity index is 913. The van der Waals surface area contributed by atoms with Gasteiger partial charge in [-0.2, -0.15) is 0 Å². The van der Waals surface area contributed by atoms with Gasteiger partial charge in [0, 0.05) is 23.1 Å². The number of benzene rings is 3. The highest BCUT2D eigenvalue weighted by Gasteiger charge is 1.98. The lowest BCUT2D eigenvalue weighted by Crippen LogP contribution is -1.94. The highest BCUT2D eigenvalue weighted by molar-refractivity contribution is 5.95. The molecule has 0 fully saturated rings. The summed E-state index contributed by atoms with van der Waals surface area (Å²) in [6.07, 6.45) is 0.587. The zero-order valence-electron chi connectivity index (χ0n) is 17.5. The molecule has 0 amide bonds. The average Bonchev–Trinajstić information content (AvgIpc) is 2.75. The van der Waals surface area contributed by atoms with Gasteiger partial charge in [-0.15, -0.1) is 0 Å². The van der Waals surface area contributed by atoms with Crippen molar-refractivity contribution in [1.29, 1.82) is 0 Å². The molecule has 0 saturated carbocycles. The first-order valence-electron chi connectivity index (χ1n) is 9.57. The summed E-state index contributed by atoms with van der Waals surface area (Å²) in [4.78, 5) is 32.5. The van der Waals surface area contributed by atoms with E-state index in [1.165, 1.54) is 0 Å². The highest BCUT2D eigenvalue weighted by atomic mass is 16.1. The van der Waals surface area contributed by atoms with Gasteiger partial charge >= 0.3 is 0 Å². The van der Waals surface area contributed by atoms with Crippen molar-refractivity contribution >= 4 is 17.3 Å². The highest BCUT2D eigenvalue weighted by Crippen LogP contribution is 2.03. The minimum atomic E-state index is 0.121. The molecule has 0 unspecified atom stereocenters. The maximum absolute atomic E-state index is 11.0. The predicted molar refractivity (Wildman–Crippen MR) is 119 cm³/mol. The van der Waals surface area contributed by atoms with Crippen molar-refractivity contribution in [2.75, 3.05) is 0 Å². The van der Waals surface area contributed by atoms with Crippen molar-refractivity contribution in [2.45, 2.75) is 34.1 Å². The summed E-state index contributed by atoms with van der Waals surface area (Å²) in [5.74, 6) is 0.458. The average molecular weight is 389 g/mol. The van der Waals surface area contributed by atoms with Crippen LogP contribution < -0.4 is 0 Å².